The van der Waals surface area contributed by atoms with Crippen molar-refractivity contribution in [3.63, 3.8) is 0 Å². The summed E-state index contributed by atoms with van der Waals surface area (Å²) in [5, 5.41) is 5.44. The Morgan fingerprint density at radius 3 is 2.59 bits per heavy atom. The van der Waals surface area contributed by atoms with Crippen molar-refractivity contribution >= 4 is 17.6 Å². The smallest absolute Gasteiger partial charge is 0.142 e. The number of benzene rings is 1. The predicted molar refractivity (Wildman–Crippen MR) is 106 cm³/mol. The third kappa shape index (κ3) is 3.87. The summed E-state index contributed by atoms with van der Waals surface area (Å²) in [6.07, 6.45) is 1.46. The van der Waals surface area contributed by atoms with Gasteiger partial charge in [0, 0.05) is 30.6 Å². The van der Waals surface area contributed by atoms with E-state index in [4.69, 9.17) is 9.88 Å². The molecular formula is C20H21F3N4OS. The van der Waals surface area contributed by atoms with Gasteiger partial charge < -0.3 is 14.0 Å². The fraction of sp³-hybridized carbons (Fsp3) is 0.350. The Balaban J connectivity index is 1.89. The van der Waals surface area contributed by atoms with E-state index in [2.05, 4.69) is 9.88 Å². The lowest BCUT2D eigenvalue weighted by Gasteiger charge is -2.30. The Labute approximate surface area is 170 Å². The molecule has 1 aromatic carbocycles. The van der Waals surface area contributed by atoms with Gasteiger partial charge in [0.1, 0.15) is 23.1 Å². The normalized spacial score (nSPS) is 17.9. The Kier molecular flexibility index (Phi) is 5.56. The first-order valence-corrected chi connectivity index (χ1v) is 10.1. The Bertz CT molecular complexity index is 1050. The lowest BCUT2D eigenvalue weighted by molar-refractivity contribution is -0.0190. The first kappa shape index (κ1) is 20.2. The molecule has 0 spiro atoms. The van der Waals surface area contributed by atoms with Gasteiger partial charge in [-0.2, -0.15) is 0 Å². The van der Waals surface area contributed by atoms with Gasteiger partial charge in [-0.3, -0.25) is 5.14 Å². The van der Waals surface area contributed by atoms with E-state index in [1.807, 2.05) is 7.05 Å². The average Bonchev–Trinajstić information content (AvgIpc) is 2.98. The van der Waals surface area contributed by atoms with E-state index in [1.165, 1.54) is 18.3 Å². The summed E-state index contributed by atoms with van der Waals surface area (Å²) in [6.45, 7) is 3.66. The van der Waals surface area contributed by atoms with Crippen LogP contribution in [0.2, 0.25) is 0 Å². The summed E-state index contributed by atoms with van der Waals surface area (Å²) < 4.78 is 51.3. The number of pyridine rings is 1. The van der Waals surface area contributed by atoms with Gasteiger partial charge in [-0.15, -0.1) is 0 Å². The molecule has 1 aliphatic rings. The number of nitrogens with zero attached hydrogens (tertiary/aromatic N) is 3. The van der Waals surface area contributed by atoms with E-state index in [0.29, 0.717) is 36.5 Å². The number of imidazole rings is 1. The van der Waals surface area contributed by atoms with Gasteiger partial charge >= 0.3 is 0 Å². The molecule has 9 heteroatoms. The molecule has 0 saturated carbocycles. The van der Waals surface area contributed by atoms with E-state index in [1.54, 1.807) is 17.4 Å². The van der Waals surface area contributed by atoms with Gasteiger partial charge in [-0.25, -0.2) is 18.2 Å². The molecule has 0 amide bonds. The van der Waals surface area contributed by atoms with Gasteiger partial charge in [-0.1, -0.05) is 0 Å². The van der Waals surface area contributed by atoms with Crippen molar-refractivity contribution in [1.82, 2.24) is 14.3 Å². The van der Waals surface area contributed by atoms with Crippen LogP contribution >= 0.6 is 11.9 Å². The monoisotopic (exact) mass is 422 g/mol. The number of fused-ring (bicyclic) bond motifs is 1. The SMILES string of the molecule is Cc1cc2nc(-c3c(F)cc(SN)cc3F)c(CC3CN(C)CCO3)n2cc1F. The van der Waals surface area contributed by atoms with Crippen LogP contribution in [-0.2, 0) is 11.2 Å². The summed E-state index contributed by atoms with van der Waals surface area (Å²) in [7, 11) is 1.98. The zero-order valence-corrected chi connectivity index (χ0v) is 16.9. The van der Waals surface area contributed by atoms with Crippen LogP contribution in [0, 0.1) is 24.4 Å². The van der Waals surface area contributed by atoms with E-state index in [9.17, 15) is 13.2 Å². The fourth-order valence-electron chi connectivity index (χ4n) is 3.65. The topological polar surface area (TPSA) is 55.8 Å². The Morgan fingerprint density at radius 1 is 1.21 bits per heavy atom. The van der Waals surface area contributed by atoms with Gasteiger partial charge in [0.2, 0.25) is 0 Å². The zero-order chi connectivity index (χ0) is 20.7. The van der Waals surface area contributed by atoms with Gasteiger partial charge in [0.05, 0.1) is 29.7 Å². The maximum absolute atomic E-state index is 14.8. The minimum Gasteiger partial charge on any atom is -0.375 e. The first-order valence-electron chi connectivity index (χ1n) is 9.20. The molecule has 154 valence electrons. The second-order valence-corrected chi connectivity index (χ2v) is 7.99. The van der Waals surface area contributed by atoms with Crippen molar-refractivity contribution in [3.05, 3.63) is 53.1 Å². The average molecular weight is 422 g/mol. The summed E-state index contributed by atoms with van der Waals surface area (Å²) >= 11 is 0.762. The lowest BCUT2D eigenvalue weighted by Crippen LogP contribution is -2.41. The molecule has 0 bridgehead atoms. The molecule has 3 aromatic rings. The quantitative estimate of drug-likeness (QED) is 0.652. The summed E-state index contributed by atoms with van der Waals surface area (Å²) in [5.74, 6) is -1.94. The van der Waals surface area contributed by atoms with Crippen LogP contribution in [0.25, 0.3) is 16.9 Å². The van der Waals surface area contributed by atoms with Gasteiger partial charge in [0.25, 0.3) is 0 Å². The molecule has 4 rings (SSSR count). The molecule has 0 aliphatic carbocycles. The molecule has 2 aromatic heterocycles. The third-order valence-corrected chi connectivity index (χ3v) is 5.66. The lowest BCUT2D eigenvalue weighted by atomic mass is 10.0. The molecule has 1 atom stereocenters. The number of morpholine rings is 1. The van der Waals surface area contributed by atoms with Crippen LogP contribution in [0.1, 0.15) is 11.3 Å². The van der Waals surface area contributed by atoms with Crippen molar-refractivity contribution in [3.8, 4) is 11.3 Å². The van der Waals surface area contributed by atoms with E-state index in [0.717, 1.165) is 18.5 Å². The van der Waals surface area contributed by atoms with Crippen LogP contribution in [-0.4, -0.2) is 47.1 Å². The molecule has 3 heterocycles. The number of nitrogens with two attached hydrogens (primary N) is 1. The fourth-order valence-corrected chi connectivity index (χ4v) is 4.00. The van der Waals surface area contributed by atoms with Crippen LogP contribution in [0.3, 0.4) is 0 Å². The third-order valence-electron chi connectivity index (χ3n) is 5.15. The zero-order valence-electron chi connectivity index (χ0n) is 16.1. The number of halogens is 3. The number of ether oxygens (including phenoxy) is 1. The predicted octanol–water partition coefficient (Wildman–Crippen LogP) is 3.57. The largest absolute Gasteiger partial charge is 0.375 e. The molecule has 29 heavy (non-hydrogen) atoms. The number of rotatable bonds is 4. The van der Waals surface area contributed by atoms with Gasteiger partial charge in [0.15, 0.2) is 0 Å². The summed E-state index contributed by atoms with van der Waals surface area (Å²) in [6, 6.07) is 3.91. The van der Waals surface area contributed by atoms with Crippen molar-refractivity contribution < 1.29 is 17.9 Å². The maximum Gasteiger partial charge on any atom is 0.142 e. The molecule has 2 N–H and O–H groups in total. The van der Waals surface area contributed by atoms with E-state index < -0.39 is 17.5 Å². The van der Waals surface area contributed by atoms with Crippen molar-refractivity contribution in [2.24, 2.45) is 5.14 Å². The van der Waals surface area contributed by atoms with E-state index >= 15 is 0 Å². The second-order valence-electron chi connectivity index (χ2n) is 7.28. The first-order chi connectivity index (χ1) is 13.9. The molecule has 1 aliphatic heterocycles. The minimum atomic E-state index is -0.763. The highest BCUT2D eigenvalue weighted by atomic mass is 32.2. The molecule has 1 saturated heterocycles. The molecular weight excluding hydrogens is 401 g/mol. The number of aromatic nitrogens is 2. The van der Waals surface area contributed by atoms with Crippen molar-refractivity contribution in [1.29, 1.82) is 0 Å². The number of hydrogen-bond donors (Lipinski definition) is 1. The van der Waals surface area contributed by atoms with Crippen LogP contribution in [0.15, 0.2) is 29.3 Å². The highest BCUT2D eigenvalue weighted by Crippen LogP contribution is 2.33. The Morgan fingerprint density at radius 2 is 1.93 bits per heavy atom. The number of likely N-dealkylation sites (N-methyl/N-ethyl adjacent to an activating group) is 1. The van der Waals surface area contributed by atoms with Crippen LogP contribution in [0.5, 0.6) is 0 Å². The molecule has 1 fully saturated rings. The minimum absolute atomic E-state index is 0.149. The standard InChI is InChI=1S/C20H21F3N4OS/c1-11-5-18-25-20(19-14(21)7-13(29-24)8-15(19)22)17(27(18)10-16(11)23)6-12-9-26(2)3-4-28-12/h5,7-8,10,12H,3-4,6,9,24H2,1-2H3. The van der Waals surface area contributed by atoms with Crippen molar-refractivity contribution in [2.75, 3.05) is 26.7 Å². The molecule has 1 unspecified atom stereocenters. The van der Waals surface area contributed by atoms with Crippen LogP contribution < -0.4 is 5.14 Å². The second kappa shape index (κ2) is 7.98. The molecule has 0 radical (unpaired) electrons. The summed E-state index contributed by atoms with van der Waals surface area (Å²) in [5.41, 5.74) is 1.24. The highest BCUT2D eigenvalue weighted by Gasteiger charge is 2.26. The number of hydrogen-bond acceptors (Lipinski definition) is 5. The summed E-state index contributed by atoms with van der Waals surface area (Å²) in [4.78, 5) is 6.85. The maximum atomic E-state index is 14.8. The van der Waals surface area contributed by atoms with E-state index in [-0.39, 0.29) is 22.3 Å². The van der Waals surface area contributed by atoms with Crippen molar-refractivity contribution in [2.45, 2.75) is 24.3 Å². The van der Waals surface area contributed by atoms with Gasteiger partial charge in [-0.05, 0) is 49.7 Å². The molecule has 5 nitrogen and oxygen atoms in total. The highest BCUT2D eigenvalue weighted by molar-refractivity contribution is 7.97. The number of aryl methyl sites for hydroxylation is 1. The van der Waals surface area contributed by atoms with Crippen LogP contribution in [0.4, 0.5) is 13.2 Å². The Hall–Kier alpha value is -2.07.